The Morgan fingerprint density at radius 2 is 1.73 bits per heavy atom. The molecule has 0 bridgehead atoms. The first-order valence-electron chi connectivity index (χ1n) is 9.82. The minimum absolute atomic E-state index is 0.0689. The summed E-state index contributed by atoms with van der Waals surface area (Å²) < 4.78 is 13.1. The summed E-state index contributed by atoms with van der Waals surface area (Å²) in [6, 6.07) is 11.9. The highest BCUT2D eigenvalue weighted by Gasteiger charge is 2.25. The van der Waals surface area contributed by atoms with Crippen LogP contribution in [0.25, 0.3) is 11.4 Å². The van der Waals surface area contributed by atoms with Gasteiger partial charge < -0.3 is 9.80 Å². The first-order chi connectivity index (χ1) is 14.4. The Bertz CT molecular complexity index is 1080. The van der Waals surface area contributed by atoms with Crippen molar-refractivity contribution in [2.45, 2.75) is 13.8 Å². The summed E-state index contributed by atoms with van der Waals surface area (Å²) in [6.07, 6.45) is 1.57. The number of rotatable bonds is 3. The summed E-state index contributed by atoms with van der Waals surface area (Å²) in [5.74, 6) is 0.0975. The molecule has 2 heterocycles. The van der Waals surface area contributed by atoms with Crippen molar-refractivity contribution in [3.8, 4) is 11.4 Å². The van der Waals surface area contributed by atoms with Crippen LogP contribution in [0.4, 0.5) is 10.1 Å². The number of benzene rings is 2. The summed E-state index contributed by atoms with van der Waals surface area (Å²) in [7, 11) is 0. The largest absolute Gasteiger partial charge is 0.368 e. The van der Waals surface area contributed by atoms with Crippen LogP contribution in [0.5, 0.6) is 0 Å². The lowest BCUT2D eigenvalue weighted by Crippen LogP contribution is -2.49. The van der Waals surface area contributed by atoms with Gasteiger partial charge in [-0.25, -0.2) is 14.4 Å². The van der Waals surface area contributed by atoms with Crippen LogP contribution in [0, 0.1) is 19.7 Å². The SMILES string of the molecule is Cc1ccc(Cl)cc1N1CCN(C(=O)c2cnc(-c3ccc(F)cc3)nc2C)CC1. The number of carbonyl (C=O) groups excluding carboxylic acids is 1. The molecule has 7 heteroatoms. The third-order valence-electron chi connectivity index (χ3n) is 5.39. The van der Waals surface area contributed by atoms with Gasteiger partial charge in [-0.1, -0.05) is 17.7 Å². The molecule has 154 valence electrons. The summed E-state index contributed by atoms with van der Waals surface area (Å²) in [5, 5.41) is 0.711. The van der Waals surface area contributed by atoms with Gasteiger partial charge in [-0.05, 0) is 55.8 Å². The van der Waals surface area contributed by atoms with Crippen LogP contribution in [-0.2, 0) is 0 Å². The number of amides is 1. The highest BCUT2D eigenvalue weighted by Crippen LogP contribution is 2.26. The predicted octanol–water partition coefficient (Wildman–Crippen LogP) is 4.52. The maximum Gasteiger partial charge on any atom is 0.257 e. The smallest absolute Gasteiger partial charge is 0.257 e. The van der Waals surface area contributed by atoms with Crippen molar-refractivity contribution in [1.29, 1.82) is 0 Å². The summed E-state index contributed by atoms with van der Waals surface area (Å²) in [5.41, 5.74) is 4.09. The van der Waals surface area contributed by atoms with E-state index in [4.69, 9.17) is 11.6 Å². The van der Waals surface area contributed by atoms with E-state index >= 15 is 0 Å². The Labute approximate surface area is 180 Å². The van der Waals surface area contributed by atoms with Gasteiger partial charge >= 0.3 is 0 Å². The molecule has 1 aliphatic rings. The van der Waals surface area contributed by atoms with Gasteiger partial charge in [0.1, 0.15) is 5.82 Å². The van der Waals surface area contributed by atoms with E-state index in [0.29, 0.717) is 40.8 Å². The van der Waals surface area contributed by atoms with Gasteiger partial charge in [0, 0.05) is 48.6 Å². The van der Waals surface area contributed by atoms with Crippen molar-refractivity contribution in [3.63, 3.8) is 0 Å². The third-order valence-corrected chi connectivity index (χ3v) is 5.63. The van der Waals surface area contributed by atoms with Crippen LogP contribution in [0.3, 0.4) is 0 Å². The van der Waals surface area contributed by atoms with E-state index in [9.17, 15) is 9.18 Å². The molecular weight excluding hydrogens is 403 g/mol. The number of piperazine rings is 1. The molecule has 1 aromatic heterocycles. The number of aryl methyl sites for hydroxylation is 2. The quantitative estimate of drug-likeness (QED) is 0.620. The molecule has 0 aliphatic carbocycles. The molecule has 0 atom stereocenters. The number of carbonyl (C=O) groups is 1. The van der Waals surface area contributed by atoms with Gasteiger partial charge in [-0.3, -0.25) is 4.79 Å². The molecule has 4 rings (SSSR count). The van der Waals surface area contributed by atoms with Crippen molar-refractivity contribution in [3.05, 3.63) is 76.3 Å². The number of hydrogen-bond acceptors (Lipinski definition) is 4. The Hall–Kier alpha value is -2.99. The first-order valence-corrected chi connectivity index (χ1v) is 10.2. The van der Waals surface area contributed by atoms with Gasteiger partial charge in [0.25, 0.3) is 5.91 Å². The molecule has 30 heavy (non-hydrogen) atoms. The fraction of sp³-hybridized carbons (Fsp3) is 0.261. The molecule has 5 nitrogen and oxygen atoms in total. The van der Waals surface area contributed by atoms with E-state index in [-0.39, 0.29) is 11.7 Å². The second kappa shape index (κ2) is 8.40. The average Bonchev–Trinajstić information content (AvgIpc) is 2.75. The Kier molecular flexibility index (Phi) is 5.68. The molecule has 0 radical (unpaired) electrons. The zero-order valence-electron chi connectivity index (χ0n) is 16.9. The molecule has 1 fully saturated rings. The molecular formula is C23H22ClFN4O. The lowest BCUT2D eigenvalue weighted by Gasteiger charge is -2.37. The van der Waals surface area contributed by atoms with Crippen LogP contribution < -0.4 is 4.90 Å². The Balaban J connectivity index is 1.46. The van der Waals surface area contributed by atoms with Crippen molar-refractivity contribution in [2.24, 2.45) is 0 Å². The van der Waals surface area contributed by atoms with Gasteiger partial charge in [0.05, 0.1) is 11.3 Å². The molecule has 2 aromatic carbocycles. The second-order valence-corrected chi connectivity index (χ2v) is 7.85. The minimum atomic E-state index is -0.311. The highest BCUT2D eigenvalue weighted by atomic mass is 35.5. The summed E-state index contributed by atoms with van der Waals surface area (Å²) >= 11 is 6.15. The van der Waals surface area contributed by atoms with Crippen molar-refractivity contribution < 1.29 is 9.18 Å². The van der Waals surface area contributed by atoms with E-state index in [2.05, 4.69) is 21.8 Å². The highest BCUT2D eigenvalue weighted by molar-refractivity contribution is 6.30. The molecule has 1 aliphatic heterocycles. The van der Waals surface area contributed by atoms with Gasteiger partial charge in [0.2, 0.25) is 0 Å². The normalized spacial score (nSPS) is 14.1. The zero-order chi connectivity index (χ0) is 21.3. The van der Waals surface area contributed by atoms with E-state index in [1.807, 2.05) is 23.1 Å². The number of halogens is 2. The van der Waals surface area contributed by atoms with E-state index in [1.165, 1.54) is 17.7 Å². The van der Waals surface area contributed by atoms with Gasteiger partial charge in [0.15, 0.2) is 5.82 Å². The zero-order valence-corrected chi connectivity index (χ0v) is 17.7. The number of anilines is 1. The summed E-state index contributed by atoms with van der Waals surface area (Å²) in [6.45, 7) is 6.56. The van der Waals surface area contributed by atoms with Crippen LogP contribution in [0.2, 0.25) is 5.02 Å². The van der Waals surface area contributed by atoms with Crippen LogP contribution >= 0.6 is 11.6 Å². The van der Waals surface area contributed by atoms with E-state index in [1.54, 1.807) is 25.3 Å². The molecule has 0 saturated carbocycles. The fourth-order valence-electron chi connectivity index (χ4n) is 3.66. The lowest BCUT2D eigenvalue weighted by atomic mass is 10.1. The van der Waals surface area contributed by atoms with E-state index in [0.717, 1.165) is 18.8 Å². The Morgan fingerprint density at radius 3 is 2.40 bits per heavy atom. The predicted molar refractivity (Wildman–Crippen MR) is 116 cm³/mol. The van der Waals surface area contributed by atoms with Gasteiger partial charge in [-0.2, -0.15) is 0 Å². The number of hydrogen-bond donors (Lipinski definition) is 0. The molecule has 1 amide bonds. The lowest BCUT2D eigenvalue weighted by molar-refractivity contribution is 0.0745. The van der Waals surface area contributed by atoms with Crippen LogP contribution in [0.1, 0.15) is 21.6 Å². The van der Waals surface area contributed by atoms with E-state index < -0.39 is 0 Å². The molecule has 0 spiro atoms. The van der Waals surface area contributed by atoms with Crippen LogP contribution in [-0.4, -0.2) is 47.0 Å². The maximum absolute atomic E-state index is 13.1. The standard InChI is InChI=1S/C23H22ClFN4O/c1-15-3-6-18(24)13-21(15)28-9-11-29(12-10-28)23(30)20-14-26-22(27-16(20)2)17-4-7-19(25)8-5-17/h3-8,13-14H,9-12H2,1-2H3. The minimum Gasteiger partial charge on any atom is -0.368 e. The number of nitrogens with zero attached hydrogens (tertiary/aromatic N) is 4. The van der Waals surface area contributed by atoms with Crippen LogP contribution in [0.15, 0.2) is 48.7 Å². The van der Waals surface area contributed by atoms with Gasteiger partial charge in [-0.15, -0.1) is 0 Å². The first kappa shape index (κ1) is 20.3. The van der Waals surface area contributed by atoms with Crippen molar-refractivity contribution in [2.75, 3.05) is 31.1 Å². The van der Waals surface area contributed by atoms with Crippen molar-refractivity contribution >= 4 is 23.2 Å². The Morgan fingerprint density at radius 1 is 1.03 bits per heavy atom. The topological polar surface area (TPSA) is 49.3 Å². The monoisotopic (exact) mass is 424 g/mol. The van der Waals surface area contributed by atoms with Crippen molar-refractivity contribution in [1.82, 2.24) is 14.9 Å². The fourth-order valence-corrected chi connectivity index (χ4v) is 3.83. The third kappa shape index (κ3) is 4.14. The average molecular weight is 425 g/mol. The molecule has 3 aromatic rings. The number of aromatic nitrogens is 2. The molecule has 1 saturated heterocycles. The summed E-state index contributed by atoms with van der Waals surface area (Å²) in [4.78, 5) is 25.9. The molecule has 0 N–H and O–H groups in total. The maximum atomic E-state index is 13.1. The molecule has 0 unspecified atom stereocenters. The second-order valence-electron chi connectivity index (χ2n) is 7.41.